The molecule has 0 amide bonds. The molecular weight excluding hydrogens is 220 g/mol. The molecule has 5 heteroatoms. The normalized spacial score (nSPS) is 29.5. The van der Waals surface area contributed by atoms with E-state index in [1.165, 1.54) is 0 Å². The van der Waals surface area contributed by atoms with Crippen molar-refractivity contribution in [3.05, 3.63) is 0 Å². The van der Waals surface area contributed by atoms with Gasteiger partial charge in [-0.05, 0) is 27.4 Å². The first-order chi connectivity index (χ1) is 7.82. The maximum absolute atomic E-state index is 11.0. The highest BCUT2D eigenvalue weighted by atomic mass is 16.4. The summed E-state index contributed by atoms with van der Waals surface area (Å²) >= 11 is 0. The molecule has 100 valence electrons. The first-order valence-electron chi connectivity index (χ1n) is 6.14. The van der Waals surface area contributed by atoms with Gasteiger partial charge < -0.3 is 15.1 Å². The number of rotatable bonds is 5. The van der Waals surface area contributed by atoms with Crippen LogP contribution in [-0.2, 0) is 4.79 Å². The van der Waals surface area contributed by atoms with E-state index in [1.54, 1.807) is 6.92 Å². The molecule has 4 unspecified atom stereocenters. The Morgan fingerprint density at radius 1 is 1.47 bits per heavy atom. The lowest BCUT2D eigenvalue weighted by Crippen LogP contribution is -2.46. The van der Waals surface area contributed by atoms with Crippen molar-refractivity contribution in [2.24, 2.45) is 5.92 Å². The molecule has 1 rings (SSSR count). The Morgan fingerprint density at radius 2 is 2.06 bits per heavy atom. The number of likely N-dealkylation sites (tertiary alicyclic amines) is 1. The van der Waals surface area contributed by atoms with E-state index < -0.39 is 11.9 Å². The van der Waals surface area contributed by atoms with Crippen molar-refractivity contribution in [2.45, 2.75) is 38.5 Å². The van der Waals surface area contributed by atoms with Gasteiger partial charge in [-0.15, -0.1) is 0 Å². The van der Waals surface area contributed by atoms with Crippen molar-refractivity contribution in [2.75, 3.05) is 27.2 Å². The lowest BCUT2D eigenvalue weighted by molar-refractivity contribution is -0.143. The Balaban J connectivity index is 2.69. The predicted octanol–water partition coefficient (Wildman–Crippen LogP) is 0.0924. The third-order valence-electron chi connectivity index (χ3n) is 3.65. The number of likely N-dealkylation sites (N-methyl/N-ethyl adjacent to an activating group) is 1. The van der Waals surface area contributed by atoms with Gasteiger partial charge in [0, 0.05) is 25.2 Å². The zero-order valence-corrected chi connectivity index (χ0v) is 11.1. The zero-order valence-electron chi connectivity index (χ0n) is 11.1. The van der Waals surface area contributed by atoms with Crippen molar-refractivity contribution in [3.8, 4) is 0 Å². The van der Waals surface area contributed by atoms with Gasteiger partial charge in [-0.1, -0.05) is 6.92 Å². The van der Waals surface area contributed by atoms with E-state index >= 15 is 0 Å². The van der Waals surface area contributed by atoms with Gasteiger partial charge in [0.1, 0.15) is 0 Å². The van der Waals surface area contributed by atoms with Crippen LogP contribution in [0.15, 0.2) is 0 Å². The minimum Gasteiger partial charge on any atom is -0.481 e. The molecule has 17 heavy (non-hydrogen) atoms. The average molecular weight is 244 g/mol. The Kier molecular flexibility index (Phi) is 4.91. The molecule has 0 spiro atoms. The van der Waals surface area contributed by atoms with E-state index in [0.717, 1.165) is 13.0 Å². The van der Waals surface area contributed by atoms with E-state index in [2.05, 4.69) is 9.80 Å². The molecule has 1 heterocycles. The summed E-state index contributed by atoms with van der Waals surface area (Å²) in [5.41, 5.74) is 0. The smallest absolute Gasteiger partial charge is 0.307 e. The van der Waals surface area contributed by atoms with E-state index in [-0.39, 0.29) is 18.2 Å². The molecule has 2 N–H and O–H groups in total. The third kappa shape index (κ3) is 3.66. The number of carboxylic acid groups (broad SMARTS) is 1. The number of β-amino-alcohol motifs (C(OH)–C–C–N with tert-alkyl or cyclic N) is 1. The van der Waals surface area contributed by atoms with Crippen molar-refractivity contribution >= 4 is 5.97 Å². The predicted molar refractivity (Wildman–Crippen MR) is 65.9 cm³/mol. The Bertz CT molecular complexity index is 270. The van der Waals surface area contributed by atoms with Crippen LogP contribution in [0, 0.1) is 5.92 Å². The summed E-state index contributed by atoms with van der Waals surface area (Å²) in [7, 11) is 3.99. The summed E-state index contributed by atoms with van der Waals surface area (Å²) in [4.78, 5) is 15.2. The van der Waals surface area contributed by atoms with Crippen LogP contribution in [-0.4, -0.2) is 71.4 Å². The number of nitrogens with zero attached hydrogens (tertiary/aromatic N) is 2. The first-order valence-corrected chi connectivity index (χ1v) is 6.14. The number of aliphatic hydroxyl groups is 1. The van der Waals surface area contributed by atoms with E-state index in [1.807, 2.05) is 21.0 Å². The van der Waals surface area contributed by atoms with Crippen molar-refractivity contribution in [1.82, 2.24) is 9.80 Å². The number of carboxylic acids is 1. The summed E-state index contributed by atoms with van der Waals surface area (Å²) in [6, 6.07) is 0.200. The maximum Gasteiger partial charge on any atom is 0.307 e. The Labute approximate surface area is 103 Å². The molecule has 1 aliphatic heterocycles. The molecule has 5 nitrogen and oxygen atoms in total. The molecule has 0 aromatic heterocycles. The van der Waals surface area contributed by atoms with Gasteiger partial charge in [0.25, 0.3) is 0 Å². The van der Waals surface area contributed by atoms with Gasteiger partial charge in [-0.25, -0.2) is 0 Å². The maximum atomic E-state index is 11.0. The van der Waals surface area contributed by atoms with Crippen LogP contribution >= 0.6 is 0 Å². The molecule has 1 saturated heterocycles. The number of carbonyl (C=O) groups is 1. The topological polar surface area (TPSA) is 64.0 Å². The fraction of sp³-hybridized carbons (Fsp3) is 0.917. The second-order valence-electron chi connectivity index (χ2n) is 5.37. The van der Waals surface area contributed by atoms with Crippen molar-refractivity contribution < 1.29 is 15.0 Å². The number of hydrogen-bond donors (Lipinski definition) is 2. The first kappa shape index (κ1) is 14.4. The molecule has 0 radical (unpaired) electrons. The summed E-state index contributed by atoms with van der Waals surface area (Å²) in [5.74, 6) is -1.19. The summed E-state index contributed by atoms with van der Waals surface area (Å²) in [5, 5.41) is 18.8. The second kappa shape index (κ2) is 5.80. The Hall–Kier alpha value is -0.650. The van der Waals surface area contributed by atoms with Crippen LogP contribution in [0.2, 0.25) is 0 Å². The largest absolute Gasteiger partial charge is 0.481 e. The molecular formula is C12H24N2O3. The monoisotopic (exact) mass is 244 g/mol. The van der Waals surface area contributed by atoms with E-state index in [0.29, 0.717) is 6.54 Å². The highest BCUT2D eigenvalue weighted by Gasteiger charge is 2.37. The van der Waals surface area contributed by atoms with Crippen molar-refractivity contribution in [1.29, 1.82) is 0 Å². The minimum absolute atomic E-state index is 0.0467. The molecule has 4 atom stereocenters. The van der Waals surface area contributed by atoms with Crippen LogP contribution in [0.25, 0.3) is 0 Å². The van der Waals surface area contributed by atoms with Crippen LogP contribution < -0.4 is 0 Å². The molecule has 1 aliphatic rings. The van der Waals surface area contributed by atoms with Gasteiger partial charge in [-0.2, -0.15) is 0 Å². The molecule has 0 aliphatic carbocycles. The standard InChI is InChI=1S/C12H24N2O3/c1-8(12(16)17)9(2)14-7-11(15)5-10(14)6-13(3)4/h8-11,15H,5-7H2,1-4H3,(H,16,17). The zero-order chi connectivity index (χ0) is 13.2. The van der Waals surface area contributed by atoms with Gasteiger partial charge in [0.15, 0.2) is 0 Å². The summed E-state index contributed by atoms with van der Waals surface area (Å²) in [6.07, 6.45) is 0.401. The summed E-state index contributed by atoms with van der Waals surface area (Å²) < 4.78 is 0. The van der Waals surface area contributed by atoms with Gasteiger partial charge in [-0.3, -0.25) is 9.69 Å². The molecule has 0 saturated carbocycles. The summed E-state index contributed by atoms with van der Waals surface area (Å²) in [6.45, 7) is 5.09. The minimum atomic E-state index is -0.775. The highest BCUT2D eigenvalue weighted by molar-refractivity contribution is 5.70. The van der Waals surface area contributed by atoms with E-state index in [4.69, 9.17) is 5.11 Å². The van der Waals surface area contributed by atoms with Crippen LogP contribution in [0.1, 0.15) is 20.3 Å². The highest BCUT2D eigenvalue weighted by Crippen LogP contribution is 2.24. The third-order valence-corrected chi connectivity index (χ3v) is 3.65. The average Bonchev–Trinajstić information content (AvgIpc) is 2.56. The molecule has 0 aromatic rings. The van der Waals surface area contributed by atoms with Gasteiger partial charge in [0.2, 0.25) is 0 Å². The van der Waals surface area contributed by atoms with Crippen LogP contribution in [0.5, 0.6) is 0 Å². The Morgan fingerprint density at radius 3 is 2.53 bits per heavy atom. The number of hydrogen-bond acceptors (Lipinski definition) is 4. The molecule has 0 bridgehead atoms. The van der Waals surface area contributed by atoms with E-state index in [9.17, 15) is 9.90 Å². The van der Waals surface area contributed by atoms with Crippen LogP contribution in [0.4, 0.5) is 0 Å². The SMILES string of the molecule is CC(C(=O)O)C(C)N1CC(O)CC1CN(C)C. The molecule has 1 fully saturated rings. The second-order valence-corrected chi connectivity index (χ2v) is 5.37. The number of aliphatic hydroxyl groups excluding tert-OH is 1. The fourth-order valence-electron chi connectivity index (χ4n) is 2.51. The molecule has 0 aromatic carbocycles. The lowest BCUT2D eigenvalue weighted by Gasteiger charge is -2.33. The van der Waals surface area contributed by atoms with Gasteiger partial charge in [0.05, 0.1) is 12.0 Å². The lowest BCUT2D eigenvalue weighted by atomic mass is 10.0. The van der Waals surface area contributed by atoms with Crippen molar-refractivity contribution in [3.63, 3.8) is 0 Å². The fourth-order valence-corrected chi connectivity index (χ4v) is 2.51. The quantitative estimate of drug-likeness (QED) is 0.718. The van der Waals surface area contributed by atoms with Crippen LogP contribution in [0.3, 0.4) is 0 Å². The number of aliphatic carboxylic acids is 1. The van der Waals surface area contributed by atoms with Gasteiger partial charge >= 0.3 is 5.97 Å².